The molecule has 170 valence electrons. The molecule has 33 heavy (non-hydrogen) atoms. The maximum absolute atomic E-state index is 13.4. The molecule has 1 atom stereocenters. The zero-order valence-electron chi connectivity index (χ0n) is 19.1. The fourth-order valence-electron chi connectivity index (χ4n) is 4.90. The fraction of sp³-hybridized carbons (Fsp3) is 0.370. The monoisotopic (exact) mass is 442 g/mol. The molecular formula is C27H30N4O2. The van der Waals surface area contributed by atoms with Crippen LogP contribution in [0.15, 0.2) is 67.0 Å². The van der Waals surface area contributed by atoms with Crippen molar-refractivity contribution < 1.29 is 9.53 Å². The first-order chi connectivity index (χ1) is 16.1. The van der Waals surface area contributed by atoms with Gasteiger partial charge in [-0.25, -0.2) is 4.98 Å². The number of para-hydroxylation sites is 1. The Morgan fingerprint density at radius 2 is 1.82 bits per heavy atom. The lowest BCUT2D eigenvalue weighted by Crippen LogP contribution is -2.48. The predicted molar refractivity (Wildman–Crippen MR) is 127 cm³/mol. The van der Waals surface area contributed by atoms with E-state index in [1.54, 1.807) is 12.4 Å². The molecule has 1 spiro atoms. The molecule has 2 aliphatic heterocycles. The Hall–Kier alpha value is -3.25. The zero-order chi connectivity index (χ0) is 22.7. The number of nitrogens with zero attached hydrogens (tertiary/aromatic N) is 4. The molecule has 3 aromatic rings. The average Bonchev–Trinajstić information content (AvgIpc) is 3.13. The third-order valence-corrected chi connectivity index (χ3v) is 6.67. The van der Waals surface area contributed by atoms with Crippen molar-refractivity contribution in [2.24, 2.45) is 0 Å². The summed E-state index contributed by atoms with van der Waals surface area (Å²) in [5.74, 6) is 0.798. The number of fused-ring (bicyclic) bond motifs is 1. The summed E-state index contributed by atoms with van der Waals surface area (Å²) in [7, 11) is 0. The summed E-state index contributed by atoms with van der Waals surface area (Å²) in [4.78, 5) is 26.5. The summed E-state index contributed by atoms with van der Waals surface area (Å²) in [5.41, 5.74) is 3.14. The first-order valence-corrected chi connectivity index (χ1v) is 11.7. The van der Waals surface area contributed by atoms with Gasteiger partial charge < -0.3 is 9.64 Å². The van der Waals surface area contributed by atoms with Crippen LogP contribution in [0.5, 0.6) is 5.75 Å². The smallest absolute Gasteiger partial charge is 0.274 e. The zero-order valence-corrected chi connectivity index (χ0v) is 19.1. The van der Waals surface area contributed by atoms with Crippen molar-refractivity contribution >= 4 is 5.91 Å². The predicted octanol–water partition coefficient (Wildman–Crippen LogP) is 4.24. The second kappa shape index (κ2) is 9.32. The first-order valence-electron chi connectivity index (χ1n) is 11.7. The molecule has 1 saturated heterocycles. The molecule has 0 bridgehead atoms. The van der Waals surface area contributed by atoms with Crippen molar-refractivity contribution in [2.45, 2.75) is 44.9 Å². The van der Waals surface area contributed by atoms with E-state index in [9.17, 15) is 4.79 Å². The van der Waals surface area contributed by atoms with Gasteiger partial charge in [0.05, 0.1) is 18.4 Å². The van der Waals surface area contributed by atoms with Crippen LogP contribution in [0.1, 0.15) is 46.6 Å². The number of aryl methyl sites for hydroxylation is 1. The lowest BCUT2D eigenvalue weighted by atomic mass is 9.93. The van der Waals surface area contributed by atoms with Crippen LogP contribution >= 0.6 is 0 Å². The van der Waals surface area contributed by atoms with Crippen LogP contribution < -0.4 is 4.74 Å². The van der Waals surface area contributed by atoms with Gasteiger partial charge in [0, 0.05) is 37.8 Å². The molecule has 1 amide bonds. The molecule has 3 heterocycles. The minimum absolute atomic E-state index is 0.0902. The molecule has 5 rings (SSSR count). The topological polar surface area (TPSA) is 58.6 Å². The Labute approximate surface area is 195 Å². The number of rotatable bonds is 3. The van der Waals surface area contributed by atoms with Gasteiger partial charge in [-0.15, -0.1) is 0 Å². The van der Waals surface area contributed by atoms with Gasteiger partial charge in [0.1, 0.15) is 17.0 Å². The standard InChI is InChI=1S/C27H30N4O2/c1-21-16-29-24(17-28-21)26(32)31-19-23-10-5-6-11-25(23)33-27(20-31)12-7-14-30(15-13-27)18-22-8-3-2-4-9-22/h2-6,8-11,16-17H,7,12-15,18-20H2,1H3. The van der Waals surface area contributed by atoms with Crippen LogP contribution in [0, 0.1) is 6.92 Å². The van der Waals surface area contributed by atoms with E-state index in [4.69, 9.17) is 4.74 Å². The maximum atomic E-state index is 13.4. The van der Waals surface area contributed by atoms with Gasteiger partial charge in [-0.1, -0.05) is 48.5 Å². The molecule has 0 aliphatic carbocycles. The van der Waals surface area contributed by atoms with Crippen molar-refractivity contribution in [1.82, 2.24) is 19.8 Å². The van der Waals surface area contributed by atoms with Crippen molar-refractivity contribution in [1.29, 1.82) is 0 Å². The van der Waals surface area contributed by atoms with Crippen LogP contribution in [-0.2, 0) is 13.1 Å². The van der Waals surface area contributed by atoms with E-state index >= 15 is 0 Å². The SMILES string of the molecule is Cc1cnc(C(=O)N2Cc3ccccc3OC3(CCCN(Cc4ccccc4)CC3)C2)cn1. The van der Waals surface area contributed by atoms with E-state index in [2.05, 4.69) is 45.2 Å². The van der Waals surface area contributed by atoms with Crippen molar-refractivity contribution in [3.05, 3.63) is 89.5 Å². The second-order valence-electron chi connectivity index (χ2n) is 9.21. The summed E-state index contributed by atoms with van der Waals surface area (Å²) in [6.45, 7) is 5.84. The van der Waals surface area contributed by atoms with E-state index in [1.165, 1.54) is 5.56 Å². The molecular weight excluding hydrogens is 412 g/mol. The molecule has 0 saturated carbocycles. The molecule has 6 nitrogen and oxygen atoms in total. The normalized spacial score (nSPS) is 21.1. The van der Waals surface area contributed by atoms with E-state index in [0.29, 0.717) is 18.8 Å². The molecule has 1 aromatic heterocycles. The van der Waals surface area contributed by atoms with E-state index in [-0.39, 0.29) is 5.91 Å². The number of carbonyl (C=O) groups excluding carboxylic acids is 1. The quantitative estimate of drug-likeness (QED) is 0.607. The van der Waals surface area contributed by atoms with Gasteiger partial charge in [-0.3, -0.25) is 14.7 Å². The highest BCUT2D eigenvalue weighted by atomic mass is 16.5. The van der Waals surface area contributed by atoms with Crippen LogP contribution in [0.3, 0.4) is 0 Å². The summed E-state index contributed by atoms with van der Waals surface area (Å²) >= 11 is 0. The van der Waals surface area contributed by atoms with Crippen LogP contribution in [0.2, 0.25) is 0 Å². The number of amides is 1. The lowest BCUT2D eigenvalue weighted by Gasteiger charge is -2.35. The van der Waals surface area contributed by atoms with Gasteiger partial charge in [-0.2, -0.15) is 0 Å². The summed E-state index contributed by atoms with van der Waals surface area (Å²) in [6.07, 6.45) is 6.05. The third-order valence-electron chi connectivity index (χ3n) is 6.67. The third kappa shape index (κ3) is 4.91. The van der Waals surface area contributed by atoms with E-state index in [1.807, 2.05) is 36.1 Å². The number of ether oxygens (including phenoxy) is 1. The van der Waals surface area contributed by atoms with Crippen LogP contribution in [0.4, 0.5) is 0 Å². The Kier molecular flexibility index (Phi) is 6.09. The highest BCUT2D eigenvalue weighted by Crippen LogP contribution is 2.36. The van der Waals surface area contributed by atoms with Crippen LogP contribution in [0.25, 0.3) is 0 Å². The van der Waals surface area contributed by atoms with Crippen LogP contribution in [-0.4, -0.2) is 50.9 Å². The summed E-state index contributed by atoms with van der Waals surface area (Å²) < 4.78 is 6.74. The van der Waals surface area contributed by atoms with Crippen molar-refractivity contribution in [3.8, 4) is 5.75 Å². The van der Waals surface area contributed by atoms with Gasteiger partial charge in [-0.05, 0) is 37.9 Å². The van der Waals surface area contributed by atoms with Gasteiger partial charge >= 0.3 is 0 Å². The lowest BCUT2D eigenvalue weighted by molar-refractivity contribution is 0.0212. The van der Waals surface area contributed by atoms with Crippen molar-refractivity contribution in [3.63, 3.8) is 0 Å². The first kappa shape index (κ1) is 21.6. The Bertz CT molecular complexity index is 1100. The number of aromatic nitrogens is 2. The number of benzene rings is 2. The molecule has 1 unspecified atom stereocenters. The molecule has 0 N–H and O–H groups in total. The van der Waals surface area contributed by atoms with E-state index in [0.717, 1.165) is 55.9 Å². The number of hydrogen-bond acceptors (Lipinski definition) is 5. The molecule has 1 fully saturated rings. The van der Waals surface area contributed by atoms with Gasteiger partial charge in [0.25, 0.3) is 5.91 Å². The number of hydrogen-bond donors (Lipinski definition) is 0. The number of likely N-dealkylation sites (tertiary alicyclic amines) is 1. The second-order valence-corrected chi connectivity index (χ2v) is 9.21. The Balaban J connectivity index is 1.40. The minimum atomic E-state index is -0.411. The van der Waals surface area contributed by atoms with Crippen molar-refractivity contribution in [2.75, 3.05) is 19.6 Å². The largest absolute Gasteiger partial charge is 0.485 e. The summed E-state index contributed by atoms with van der Waals surface area (Å²) in [5, 5.41) is 0. The molecule has 2 aromatic carbocycles. The Morgan fingerprint density at radius 1 is 1.00 bits per heavy atom. The highest BCUT2D eigenvalue weighted by Gasteiger charge is 2.41. The maximum Gasteiger partial charge on any atom is 0.274 e. The molecule has 0 radical (unpaired) electrons. The molecule has 6 heteroatoms. The van der Waals surface area contributed by atoms with Gasteiger partial charge in [0.2, 0.25) is 0 Å². The molecule has 2 aliphatic rings. The number of carbonyl (C=O) groups is 1. The fourth-order valence-corrected chi connectivity index (χ4v) is 4.90. The average molecular weight is 443 g/mol. The van der Waals surface area contributed by atoms with Gasteiger partial charge in [0.15, 0.2) is 0 Å². The minimum Gasteiger partial charge on any atom is -0.485 e. The highest BCUT2D eigenvalue weighted by molar-refractivity contribution is 5.92. The summed E-state index contributed by atoms with van der Waals surface area (Å²) in [6, 6.07) is 18.7. The Morgan fingerprint density at radius 3 is 2.64 bits per heavy atom. The van der Waals surface area contributed by atoms with E-state index < -0.39 is 5.60 Å².